The summed E-state index contributed by atoms with van der Waals surface area (Å²) in [5.74, 6) is 0.000387. The Hall–Kier alpha value is -3.96. The number of halogens is 6. The molecular weight excluding hydrogens is 526 g/mol. The molecule has 2 heterocycles. The van der Waals surface area contributed by atoms with Gasteiger partial charge in [0.2, 0.25) is 0 Å². The number of anilines is 1. The van der Waals surface area contributed by atoms with Gasteiger partial charge in [-0.3, -0.25) is 9.78 Å². The average molecular weight is 551 g/mol. The van der Waals surface area contributed by atoms with Crippen LogP contribution in [0.25, 0.3) is 22.2 Å². The number of fused-ring (bicyclic) bond motifs is 1. The Morgan fingerprint density at radius 2 is 1.87 bits per heavy atom. The Kier molecular flexibility index (Phi) is 7.67. The lowest BCUT2D eigenvalue weighted by atomic mass is 9.90. The van der Waals surface area contributed by atoms with Crippen molar-refractivity contribution in [2.24, 2.45) is 0 Å². The van der Waals surface area contributed by atoms with Gasteiger partial charge >= 0.3 is 18.3 Å². The molecule has 1 unspecified atom stereocenters. The summed E-state index contributed by atoms with van der Waals surface area (Å²) in [6.45, 7) is 3.55. The molecule has 0 fully saturated rings. The monoisotopic (exact) mass is 550 g/mol. The molecule has 206 valence electrons. The van der Waals surface area contributed by atoms with Crippen LogP contribution in [0.1, 0.15) is 38.1 Å². The number of nitrogens with one attached hydrogen (secondary N) is 1. The number of esters is 1. The Morgan fingerprint density at radius 3 is 2.51 bits per heavy atom. The molecular formula is C27H24F6N4O2. The Labute approximate surface area is 219 Å². The first-order valence-corrected chi connectivity index (χ1v) is 12.0. The molecule has 0 bridgehead atoms. The van der Waals surface area contributed by atoms with Crippen LogP contribution in [0.2, 0.25) is 0 Å². The topological polar surface area (TPSA) is 77.0 Å². The molecule has 3 aromatic rings. The minimum Gasteiger partial charge on any atom is -0.466 e. The molecule has 1 N–H and O–H groups in total. The summed E-state index contributed by atoms with van der Waals surface area (Å²) >= 11 is 0. The molecule has 4 rings (SSSR count). The van der Waals surface area contributed by atoms with Gasteiger partial charge in [0.15, 0.2) is 0 Å². The van der Waals surface area contributed by atoms with Crippen LogP contribution < -0.4 is 5.32 Å². The van der Waals surface area contributed by atoms with Crippen molar-refractivity contribution in [1.82, 2.24) is 15.0 Å². The van der Waals surface area contributed by atoms with Gasteiger partial charge in [-0.15, -0.1) is 0 Å². The van der Waals surface area contributed by atoms with Crippen molar-refractivity contribution in [2.75, 3.05) is 11.9 Å². The second kappa shape index (κ2) is 10.7. The summed E-state index contributed by atoms with van der Waals surface area (Å²) in [6, 6.07) is 6.55. The fourth-order valence-electron chi connectivity index (χ4n) is 4.15. The van der Waals surface area contributed by atoms with Crippen LogP contribution in [0.5, 0.6) is 0 Å². The molecule has 0 radical (unpaired) electrons. The SMILES string of the molecule is CCOC(=O)CCc1nc(NC2(C)C=CC(C(F)(F)F)=CC2)c2ccc(-c3ncccc3C(F)(F)F)cc2n1. The zero-order valence-corrected chi connectivity index (χ0v) is 21.0. The summed E-state index contributed by atoms with van der Waals surface area (Å²) < 4.78 is 85.1. The first kappa shape index (κ1) is 28.1. The number of aromatic nitrogens is 3. The first-order chi connectivity index (χ1) is 18.3. The van der Waals surface area contributed by atoms with E-state index in [2.05, 4.69) is 20.3 Å². The molecule has 1 atom stereocenters. The van der Waals surface area contributed by atoms with E-state index in [-0.39, 0.29) is 54.3 Å². The lowest BCUT2D eigenvalue weighted by Gasteiger charge is -2.31. The summed E-state index contributed by atoms with van der Waals surface area (Å²) in [6.07, 6.45) is -4.35. The smallest absolute Gasteiger partial charge is 0.418 e. The van der Waals surface area contributed by atoms with E-state index in [1.165, 1.54) is 36.5 Å². The fourth-order valence-corrected chi connectivity index (χ4v) is 4.15. The molecule has 0 saturated carbocycles. The molecule has 0 spiro atoms. The maximum absolute atomic E-state index is 13.6. The Morgan fingerprint density at radius 1 is 1.10 bits per heavy atom. The molecule has 1 aliphatic carbocycles. The highest BCUT2D eigenvalue weighted by Gasteiger charge is 2.36. The normalized spacial score (nSPS) is 17.7. The zero-order chi connectivity index (χ0) is 28.4. The minimum absolute atomic E-state index is 0.00294. The van der Waals surface area contributed by atoms with Gasteiger partial charge in [0.1, 0.15) is 11.6 Å². The van der Waals surface area contributed by atoms with Crippen molar-refractivity contribution in [2.45, 2.75) is 51.0 Å². The highest BCUT2D eigenvalue weighted by molar-refractivity contribution is 5.92. The number of alkyl halides is 6. The van der Waals surface area contributed by atoms with E-state index in [4.69, 9.17) is 4.74 Å². The van der Waals surface area contributed by atoms with E-state index in [0.29, 0.717) is 5.39 Å². The highest BCUT2D eigenvalue weighted by atomic mass is 19.4. The lowest BCUT2D eigenvalue weighted by Crippen LogP contribution is -2.34. The molecule has 12 heteroatoms. The molecule has 1 aliphatic rings. The van der Waals surface area contributed by atoms with Crippen molar-refractivity contribution in [3.63, 3.8) is 0 Å². The van der Waals surface area contributed by atoms with E-state index in [9.17, 15) is 31.1 Å². The van der Waals surface area contributed by atoms with E-state index in [1.807, 2.05) is 0 Å². The van der Waals surface area contributed by atoms with Gasteiger partial charge in [0.25, 0.3) is 0 Å². The van der Waals surface area contributed by atoms with Gasteiger partial charge in [-0.1, -0.05) is 24.3 Å². The fraction of sp³-hybridized carbons (Fsp3) is 0.333. The van der Waals surface area contributed by atoms with E-state index in [1.54, 1.807) is 13.8 Å². The number of allylic oxidation sites excluding steroid dienone is 2. The standard InChI is InChI=1S/C27H24F6N4O2/c1-3-39-22(38)9-8-21-35-20-15-16(23-19(27(31,32)33)5-4-14-34-23)6-7-18(20)24(36-21)37-25(2)12-10-17(11-13-25)26(28,29)30/h4-7,10-12,14-15H,3,8-9,13H2,1-2H3,(H,35,36,37). The first-order valence-electron chi connectivity index (χ1n) is 12.0. The van der Waals surface area contributed by atoms with E-state index < -0.39 is 35.0 Å². The van der Waals surface area contributed by atoms with Gasteiger partial charge in [-0.05, 0) is 44.5 Å². The summed E-state index contributed by atoms with van der Waals surface area (Å²) in [5, 5.41) is 3.59. The van der Waals surface area contributed by atoms with Gasteiger partial charge in [0.05, 0.1) is 40.9 Å². The van der Waals surface area contributed by atoms with Crippen LogP contribution in [0.3, 0.4) is 0 Å². The number of aryl methyl sites for hydroxylation is 1. The van der Waals surface area contributed by atoms with Crippen molar-refractivity contribution >= 4 is 22.7 Å². The number of pyridine rings is 1. The molecule has 39 heavy (non-hydrogen) atoms. The Balaban J connectivity index is 1.76. The van der Waals surface area contributed by atoms with Crippen LogP contribution in [0.15, 0.2) is 60.3 Å². The number of hydrogen-bond acceptors (Lipinski definition) is 6. The largest absolute Gasteiger partial charge is 0.466 e. The van der Waals surface area contributed by atoms with Gasteiger partial charge in [-0.2, -0.15) is 26.3 Å². The average Bonchev–Trinajstić information content (AvgIpc) is 2.86. The second-order valence-corrected chi connectivity index (χ2v) is 9.16. The number of nitrogens with zero attached hydrogens (tertiary/aromatic N) is 3. The van der Waals surface area contributed by atoms with Gasteiger partial charge < -0.3 is 10.1 Å². The number of rotatable bonds is 7. The summed E-state index contributed by atoms with van der Waals surface area (Å²) in [4.78, 5) is 24.8. The molecule has 2 aromatic heterocycles. The number of carbonyl (C=O) groups is 1. The number of hydrogen-bond donors (Lipinski definition) is 1. The number of ether oxygens (including phenoxy) is 1. The third-order valence-corrected chi connectivity index (χ3v) is 6.10. The van der Waals surface area contributed by atoms with Crippen LogP contribution >= 0.6 is 0 Å². The van der Waals surface area contributed by atoms with Gasteiger partial charge in [0, 0.05) is 23.6 Å². The van der Waals surface area contributed by atoms with Crippen LogP contribution in [-0.2, 0) is 22.1 Å². The highest BCUT2D eigenvalue weighted by Crippen LogP contribution is 2.38. The molecule has 0 amide bonds. The predicted octanol–water partition coefficient (Wildman–Crippen LogP) is 6.83. The number of carbonyl (C=O) groups excluding carboxylic acids is 1. The van der Waals surface area contributed by atoms with Crippen molar-refractivity contribution < 1.29 is 35.9 Å². The third kappa shape index (κ3) is 6.55. The second-order valence-electron chi connectivity index (χ2n) is 9.16. The van der Waals surface area contributed by atoms with Gasteiger partial charge in [-0.25, -0.2) is 9.97 Å². The minimum atomic E-state index is -4.63. The van der Waals surface area contributed by atoms with Crippen molar-refractivity contribution in [3.8, 4) is 11.3 Å². The maximum atomic E-state index is 13.6. The van der Waals surface area contributed by atoms with Crippen LogP contribution in [-0.4, -0.2) is 39.2 Å². The Bertz CT molecular complexity index is 1450. The van der Waals surface area contributed by atoms with E-state index in [0.717, 1.165) is 18.2 Å². The zero-order valence-electron chi connectivity index (χ0n) is 21.0. The summed E-state index contributed by atoms with van der Waals surface area (Å²) in [5.41, 5.74) is -2.45. The lowest BCUT2D eigenvalue weighted by molar-refractivity contribution is -0.143. The number of benzene rings is 1. The molecule has 6 nitrogen and oxygen atoms in total. The quantitative estimate of drug-likeness (QED) is 0.257. The predicted molar refractivity (Wildman–Crippen MR) is 133 cm³/mol. The molecule has 1 aromatic carbocycles. The van der Waals surface area contributed by atoms with Crippen LogP contribution in [0.4, 0.5) is 32.2 Å². The maximum Gasteiger partial charge on any atom is 0.418 e. The summed E-state index contributed by atoms with van der Waals surface area (Å²) in [7, 11) is 0. The molecule has 0 aliphatic heterocycles. The van der Waals surface area contributed by atoms with E-state index >= 15 is 0 Å². The molecule has 0 saturated heterocycles. The van der Waals surface area contributed by atoms with Crippen molar-refractivity contribution in [1.29, 1.82) is 0 Å². The van der Waals surface area contributed by atoms with Crippen molar-refractivity contribution in [3.05, 3.63) is 71.7 Å². The van der Waals surface area contributed by atoms with Crippen LogP contribution in [0, 0.1) is 0 Å². The third-order valence-electron chi connectivity index (χ3n) is 6.10.